The number of nitro benzene ring substituents is 1. The fourth-order valence-corrected chi connectivity index (χ4v) is 2.10. The molecule has 0 saturated heterocycles. The first kappa shape index (κ1) is 18.9. The van der Waals surface area contributed by atoms with E-state index in [4.69, 9.17) is 21.7 Å². The summed E-state index contributed by atoms with van der Waals surface area (Å²) >= 11 is 4.96. The van der Waals surface area contributed by atoms with E-state index in [1.807, 2.05) is 0 Å². The highest BCUT2D eigenvalue weighted by atomic mass is 32.1. The van der Waals surface area contributed by atoms with Crippen LogP contribution in [0.15, 0.2) is 42.5 Å². The van der Waals surface area contributed by atoms with Gasteiger partial charge < -0.3 is 19.9 Å². The molecule has 0 unspecified atom stereocenters. The number of phenols is 1. The van der Waals surface area contributed by atoms with Crippen LogP contribution in [0.2, 0.25) is 0 Å². The molecule has 136 valence electrons. The minimum absolute atomic E-state index is 0.0857. The number of hydrogen-bond acceptors (Lipinski definition) is 7. The van der Waals surface area contributed by atoms with Gasteiger partial charge in [-0.2, -0.15) is 0 Å². The normalized spacial score (nSPS) is 9.88. The lowest BCUT2D eigenvalue weighted by Gasteiger charge is -2.11. The molecule has 2 aromatic carbocycles. The Balaban J connectivity index is 1.84. The average Bonchev–Trinajstić information content (AvgIpc) is 2.62. The van der Waals surface area contributed by atoms with E-state index in [0.717, 1.165) is 6.07 Å². The highest BCUT2D eigenvalue weighted by Gasteiger charge is 2.12. The van der Waals surface area contributed by atoms with Gasteiger partial charge in [-0.25, -0.2) is 0 Å². The van der Waals surface area contributed by atoms with Crippen molar-refractivity contribution in [1.29, 1.82) is 0 Å². The number of thiocarbonyl (C=S) groups is 1. The van der Waals surface area contributed by atoms with Gasteiger partial charge in [0.15, 0.2) is 11.7 Å². The number of nitrogens with zero attached hydrogens (tertiary/aromatic N) is 1. The molecule has 2 rings (SSSR count). The smallest absolute Gasteiger partial charge is 0.273 e. The van der Waals surface area contributed by atoms with Gasteiger partial charge in [0.05, 0.1) is 23.8 Å². The molecule has 0 aromatic heterocycles. The summed E-state index contributed by atoms with van der Waals surface area (Å²) in [7, 11) is 1.54. The Morgan fingerprint density at radius 3 is 2.46 bits per heavy atom. The van der Waals surface area contributed by atoms with Gasteiger partial charge in [0, 0.05) is 6.07 Å². The number of phenolic OH excluding ortho intramolecular Hbond substituents is 1. The first-order chi connectivity index (χ1) is 12.4. The van der Waals surface area contributed by atoms with Crippen LogP contribution in [0.3, 0.4) is 0 Å². The molecule has 9 nitrogen and oxygen atoms in total. The number of carbonyl (C=O) groups is 1. The van der Waals surface area contributed by atoms with E-state index >= 15 is 0 Å². The van der Waals surface area contributed by atoms with Gasteiger partial charge in [-0.15, -0.1) is 0 Å². The molecule has 3 N–H and O–H groups in total. The highest BCUT2D eigenvalue weighted by Crippen LogP contribution is 2.27. The van der Waals surface area contributed by atoms with Crippen LogP contribution in [0.4, 0.5) is 11.4 Å². The lowest BCUT2D eigenvalue weighted by molar-refractivity contribution is -0.384. The van der Waals surface area contributed by atoms with E-state index in [9.17, 15) is 20.0 Å². The summed E-state index contributed by atoms with van der Waals surface area (Å²) in [6.07, 6.45) is 0. The van der Waals surface area contributed by atoms with Gasteiger partial charge in [-0.3, -0.25) is 20.2 Å². The summed E-state index contributed by atoms with van der Waals surface area (Å²) in [5.41, 5.74) is -0.145. The van der Waals surface area contributed by atoms with Crippen LogP contribution in [0.25, 0.3) is 0 Å². The molecule has 0 bridgehead atoms. The Bertz CT molecular complexity index is 825. The second kappa shape index (κ2) is 8.62. The zero-order chi connectivity index (χ0) is 19.1. The number of aromatic hydroxyl groups is 1. The maximum Gasteiger partial charge on any atom is 0.273 e. The number of rotatable bonds is 6. The number of ether oxygens (including phenoxy) is 2. The van der Waals surface area contributed by atoms with E-state index in [2.05, 4.69) is 10.6 Å². The van der Waals surface area contributed by atoms with Crippen molar-refractivity contribution in [3.8, 4) is 17.2 Å². The molecular weight excluding hydrogens is 362 g/mol. The third kappa shape index (κ3) is 5.31. The van der Waals surface area contributed by atoms with Gasteiger partial charge in [0.1, 0.15) is 17.2 Å². The van der Waals surface area contributed by atoms with Crippen molar-refractivity contribution in [3.05, 3.63) is 52.6 Å². The Morgan fingerprint density at radius 2 is 1.88 bits per heavy atom. The van der Waals surface area contributed by atoms with Crippen molar-refractivity contribution in [3.63, 3.8) is 0 Å². The Kier molecular flexibility index (Phi) is 6.28. The van der Waals surface area contributed by atoms with Crippen LogP contribution in [0, 0.1) is 10.1 Å². The molecule has 0 heterocycles. The van der Waals surface area contributed by atoms with Crippen molar-refractivity contribution < 1.29 is 24.3 Å². The number of anilines is 1. The van der Waals surface area contributed by atoms with Crippen molar-refractivity contribution >= 4 is 34.6 Å². The highest BCUT2D eigenvalue weighted by molar-refractivity contribution is 7.80. The summed E-state index contributed by atoms with van der Waals surface area (Å²) < 4.78 is 10.3. The number of amides is 1. The molecule has 0 aliphatic carbocycles. The molecule has 2 aromatic rings. The maximum atomic E-state index is 11.8. The van der Waals surface area contributed by atoms with Crippen LogP contribution in [0.1, 0.15) is 0 Å². The lowest BCUT2D eigenvalue weighted by atomic mass is 10.2. The molecule has 26 heavy (non-hydrogen) atoms. The number of nitro groups is 1. The van der Waals surface area contributed by atoms with Gasteiger partial charge in [0.2, 0.25) is 0 Å². The van der Waals surface area contributed by atoms with E-state index in [1.165, 1.54) is 12.1 Å². The second-order valence-electron chi connectivity index (χ2n) is 4.93. The molecule has 0 fully saturated rings. The summed E-state index contributed by atoms with van der Waals surface area (Å²) in [5, 5.41) is 25.2. The first-order valence-corrected chi connectivity index (χ1v) is 7.65. The standard InChI is InChI=1S/C16H15N3O6S/c1-24-11-3-5-12(6-4-11)25-9-15(21)18-16(26)17-13-7-2-10(19(22)23)8-14(13)20/h2-8,20H,9H2,1H3,(H2,17,18,21,26). The van der Waals surface area contributed by atoms with Gasteiger partial charge >= 0.3 is 0 Å². The number of carbonyl (C=O) groups excluding carboxylic acids is 1. The number of benzene rings is 2. The van der Waals surface area contributed by atoms with Crippen molar-refractivity contribution in [2.24, 2.45) is 0 Å². The third-order valence-corrected chi connectivity index (χ3v) is 3.33. The third-order valence-electron chi connectivity index (χ3n) is 3.12. The van der Waals surface area contributed by atoms with Crippen LogP contribution in [-0.4, -0.2) is 34.8 Å². The van der Waals surface area contributed by atoms with Crippen LogP contribution >= 0.6 is 12.2 Å². The molecule has 0 aliphatic rings. The monoisotopic (exact) mass is 377 g/mol. The van der Waals surface area contributed by atoms with Crippen molar-refractivity contribution in [2.45, 2.75) is 0 Å². The number of nitrogens with one attached hydrogen (secondary N) is 2. The van der Waals surface area contributed by atoms with E-state index in [1.54, 1.807) is 31.4 Å². The lowest BCUT2D eigenvalue weighted by Crippen LogP contribution is -2.37. The van der Waals surface area contributed by atoms with Crippen molar-refractivity contribution in [2.75, 3.05) is 19.0 Å². The molecule has 0 atom stereocenters. The van der Waals surface area contributed by atoms with Gasteiger partial charge in [-0.1, -0.05) is 0 Å². The SMILES string of the molecule is COc1ccc(OCC(=O)NC(=S)Nc2ccc([N+](=O)[O-])cc2O)cc1. The summed E-state index contributed by atoms with van der Waals surface area (Å²) in [5.74, 6) is 0.257. The molecule has 1 amide bonds. The van der Waals surface area contributed by atoms with E-state index < -0.39 is 10.8 Å². The number of non-ortho nitro benzene ring substituents is 1. The Hall–Kier alpha value is -3.40. The van der Waals surface area contributed by atoms with E-state index in [0.29, 0.717) is 11.5 Å². The predicted octanol–water partition coefficient (Wildman–Crippen LogP) is 2.20. The Labute approximate surface area is 153 Å². The average molecular weight is 377 g/mol. The summed E-state index contributed by atoms with van der Waals surface area (Å²) in [6.45, 7) is -0.277. The molecule has 0 radical (unpaired) electrons. The second-order valence-corrected chi connectivity index (χ2v) is 5.33. The molecule has 0 aliphatic heterocycles. The van der Waals surface area contributed by atoms with Crippen LogP contribution < -0.4 is 20.1 Å². The zero-order valence-corrected chi connectivity index (χ0v) is 14.4. The maximum absolute atomic E-state index is 11.8. The largest absolute Gasteiger partial charge is 0.506 e. The minimum Gasteiger partial charge on any atom is -0.506 e. The predicted molar refractivity (Wildman–Crippen MR) is 97.6 cm³/mol. The minimum atomic E-state index is -0.639. The Morgan fingerprint density at radius 1 is 1.23 bits per heavy atom. The van der Waals surface area contributed by atoms with Crippen molar-refractivity contribution in [1.82, 2.24) is 5.32 Å². The van der Waals surface area contributed by atoms with Gasteiger partial charge in [0.25, 0.3) is 11.6 Å². The fourth-order valence-electron chi connectivity index (χ4n) is 1.88. The quantitative estimate of drug-likeness (QED) is 0.303. The molecule has 10 heteroatoms. The number of hydrogen-bond donors (Lipinski definition) is 3. The van der Waals surface area contributed by atoms with Crippen LogP contribution in [0.5, 0.6) is 17.2 Å². The zero-order valence-electron chi connectivity index (χ0n) is 13.6. The summed E-state index contributed by atoms with van der Waals surface area (Å²) in [4.78, 5) is 21.8. The first-order valence-electron chi connectivity index (χ1n) is 7.24. The summed E-state index contributed by atoms with van der Waals surface area (Å²) in [6, 6.07) is 10.1. The van der Waals surface area contributed by atoms with Crippen LogP contribution in [-0.2, 0) is 4.79 Å². The fraction of sp³-hybridized carbons (Fsp3) is 0.125. The molecular formula is C16H15N3O6S. The topological polar surface area (TPSA) is 123 Å². The van der Waals surface area contributed by atoms with E-state index in [-0.39, 0.29) is 28.8 Å². The molecule has 0 saturated carbocycles. The van der Waals surface area contributed by atoms with Gasteiger partial charge in [-0.05, 0) is 42.5 Å². The molecule has 0 spiro atoms. The number of methoxy groups -OCH3 is 1.